The van der Waals surface area contributed by atoms with E-state index in [-0.39, 0.29) is 5.78 Å². The fourth-order valence-electron chi connectivity index (χ4n) is 2.37. The molecule has 4 heteroatoms. The third kappa shape index (κ3) is 1.71. The summed E-state index contributed by atoms with van der Waals surface area (Å²) in [5.41, 5.74) is 0.866. The molecule has 0 atom stereocenters. The normalized spacial score (nSPS) is 17.4. The van der Waals surface area contributed by atoms with Crippen molar-refractivity contribution < 1.29 is 14.1 Å². The Balaban J connectivity index is 2.18. The number of fused-ring (bicyclic) bond motifs is 1. The van der Waals surface area contributed by atoms with Gasteiger partial charge in [0.15, 0.2) is 0 Å². The molecule has 0 saturated carbocycles. The topological polar surface area (TPSA) is 60.2 Å². The lowest BCUT2D eigenvalue weighted by Gasteiger charge is -2.24. The van der Waals surface area contributed by atoms with Crippen LogP contribution in [0.25, 0.3) is 11.3 Å². The monoisotopic (exact) mass is 255 g/mol. The quantitative estimate of drug-likeness (QED) is 0.735. The Morgan fingerprint density at radius 1 is 1.16 bits per heavy atom. The van der Waals surface area contributed by atoms with Gasteiger partial charge in [-0.05, 0) is 0 Å². The Bertz CT molecular complexity index is 668. The lowest BCUT2D eigenvalue weighted by atomic mass is 9.74. The van der Waals surface area contributed by atoms with E-state index in [1.54, 1.807) is 13.8 Å². The minimum atomic E-state index is -0.711. The molecule has 0 saturated heterocycles. The molecule has 3 rings (SSSR count). The van der Waals surface area contributed by atoms with Gasteiger partial charge in [-0.1, -0.05) is 49.3 Å². The maximum Gasteiger partial charge on any atom is 0.234 e. The highest BCUT2D eigenvalue weighted by molar-refractivity contribution is 6.47. The van der Waals surface area contributed by atoms with Gasteiger partial charge in [0.2, 0.25) is 11.6 Å². The van der Waals surface area contributed by atoms with Crippen LogP contribution in [-0.4, -0.2) is 16.7 Å². The second-order valence-corrected chi connectivity index (χ2v) is 5.41. The van der Waals surface area contributed by atoms with Crippen molar-refractivity contribution in [3.8, 4) is 11.3 Å². The lowest BCUT2D eigenvalue weighted by molar-refractivity contribution is -0.123. The number of carbonyl (C=O) groups excluding carboxylic acids is 2. The Kier molecular flexibility index (Phi) is 2.42. The molecule has 2 aromatic rings. The number of rotatable bonds is 1. The number of nitrogens with zero attached hydrogens (tertiary/aromatic N) is 1. The zero-order valence-corrected chi connectivity index (χ0v) is 10.8. The smallest absolute Gasteiger partial charge is 0.234 e. The Morgan fingerprint density at radius 2 is 1.84 bits per heavy atom. The molecular formula is C15H13NO3. The van der Waals surface area contributed by atoms with Gasteiger partial charge in [0.25, 0.3) is 0 Å². The zero-order valence-electron chi connectivity index (χ0n) is 10.8. The average molecular weight is 255 g/mol. The number of Topliss-reactive ketones (excluding diaryl/α,β-unsaturated/α-hetero) is 2. The molecule has 0 bridgehead atoms. The summed E-state index contributed by atoms with van der Waals surface area (Å²) >= 11 is 0. The first kappa shape index (κ1) is 11.8. The summed E-state index contributed by atoms with van der Waals surface area (Å²) in [5, 5.41) is 3.97. The van der Waals surface area contributed by atoms with Crippen molar-refractivity contribution in [3.05, 3.63) is 41.7 Å². The maximum atomic E-state index is 12.2. The lowest BCUT2D eigenvalue weighted by Crippen LogP contribution is -2.38. The first-order valence-corrected chi connectivity index (χ1v) is 6.14. The molecule has 0 N–H and O–H groups in total. The second-order valence-electron chi connectivity index (χ2n) is 5.41. The summed E-state index contributed by atoms with van der Waals surface area (Å²) in [7, 11) is 0. The van der Waals surface area contributed by atoms with Crippen LogP contribution >= 0.6 is 0 Å². The van der Waals surface area contributed by atoms with Crippen LogP contribution in [0.1, 0.15) is 30.0 Å². The van der Waals surface area contributed by atoms with E-state index in [2.05, 4.69) is 5.16 Å². The van der Waals surface area contributed by atoms with Crippen LogP contribution in [-0.2, 0) is 11.2 Å². The van der Waals surface area contributed by atoms with E-state index in [1.807, 2.05) is 30.3 Å². The predicted octanol–water partition coefficient (Wildman–Crippen LogP) is 2.68. The second kappa shape index (κ2) is 3.88. The molecular weight excluding hydrogens is 242 g/mol. The summed E-state index contributed by atoms with van der Waals surface area (Å²) in [6.07, 6.45) is 0.409. The molecule has 1 aliphatic rings. The van der Waals surface area contributed by atoms with Crippen LogP contribution in [0.4, 0.5) is 0 Å². The van der Waals surface area contributed by atoms with Gasteiger partial charge in [-0.2, -0.15) is 0 Å². The van der Waals surface area contributed by atoms with Gasteiger partial charge in [-0.15, -0.1) is 0 Å². The van der Waals surface area contributed by atoms with Crippen LogP contribution < -0.4 is 0 Å². The minimum absolute atomic E-state index is 0.329. The minimum Gasteiger partial charge on any atom is -0.360 e. The molecule has 96 valence electrons. The van der Waals surface area contributed by atoms with Crippen molar-refractivity contribution in [2.75, 3.05) is 0 Å². The van der Waals surface area contributed by atoms with Gasteiger partial charge < -0.3 is 4.52 Å². The Hall–Kier alpha value is -2.23. The van der Waals surface area contributed by atoms with Crippen molar-refractivity contribution in [1.82, 2.24) is 5.16 Å². The van der Waals surface area contributed by atoms with Gasteiger partial charge in [0, 0.05) is 17.4 Å². The number of hydrogen-bond acceptors (Lipinski definition) is 4. The summed E-state index contributed by atoms with van der Waals surface area (Å²) in [6, 6.07) is 9.28. The van der Waals surface area contributed by atoms with Crippen molar-refractivity contribution >= 4 is 11.6 Å². The predicted molar refractivity (Wildman–Crippen MR) is 68.8 cm³/mol. The molecule has 4 nitrogen and oxygen atoms in total. The van der Waals surface area contributed by atoms with Gasteiger partial charge in [-0.25, -0.2) is 0 Å². The number of ketones is 2. The third-order valence-corrected chi connectivity index (χ3v) is 3.46. The van der Waals surface area contributed by atoms with Gasteiger partial charge in [0.05, 0.1) is 5.56 Å². The Morgan fingerprint density at radius 3 is 2.53 bits per heavy atom. The largest absolute Gasteiger partial charge is 0.360 e. The molecule has 0 aliphatic heterocycles. The zero-order chi connectivity index (χ0) is 13.6. The summed E-state index contributed by atoms with van der Waals surface area (Å²) in [6.45, 7) is 3.50. The standard InChI is InChI=1S/C15H13NO3/c1-15(2)8-10-11(13(17)14(15)18)12(16-19-10)9-6-4-3-5-7-9/h3-7H,8H2,1-2H3. The van der Waals surface area contributed by atoms with Crippen molar-refractivity contribution in [2.45, 2.75) is 20.3 Å². The summed E-state index contributed by atoms with van der Waals surface area (Å²) in [5.74, 6) is -0.361. The van der Waals surface area contributed by atoms with E-state index >= 15 is 0 Å². The van der Waals surface area contributed by atoms with Crippen LogP contribution in [0, 0.1) is 5.41 Å². The van der Waals surface area contributed by atoms with Gasteiger partial charge in [0.1, 0.15) is 11.5 Å². The number of benzene rings is 1. The van der Waals surface area contributed by atoms with E-state index in [0.29, 0.717) is 23.4 Å². The van der Waals surface area contributed by atoms with Crippen LogP contribution in [0.15, 0.2) is 34.9 Å². The fourth-order valence-corrected chi connectivity index (χ4v) is 2.37. The molecule has 19 heavy (non-hydrogen) atoms. The molecule has 1 aliphatic carbocycles. The first-order valence-electron chi connectivity index (χ1n) is 6.14. The van der Waals surface area contributed by atoms with E-state index in [9.17, 15) is 9.59 Å². The van der Waals surface area contributed by atoms with E-state index in [1.165, 1.54) is 0 Å². The van der Waals surface area contributed by atoms with E-state index in [4.69, 9.17) is 4.52 Å². The fraction of sp³-hybridized carbons (Fsp3) is 0.267. The SMILES string of the molecule is CC1(C)Cc2onc(-c3ccccc3)c2C(=O)C1=O. The highest BCUT2D eigenvalue weighted by Crippen LogP contribution is 2.36. The van der Waals surface area contributed by atoms with Crippen molar-refractivity contribution in [2.24, 2.45) is 5.41 Å². The van der Waals surface area contributed by atoms with Gasteiger partial charge >= 0.3 is 0 Å². The van der Waals surface area contributed by atoms with Crippen LogP contribution in [0.3, 0.4) is 0 Å². The molecule has 0 amide bonds. The highest BCUT2D eigenvalue weighted by atomic mass is 16.5. The first-order chi connectivity index (χ1) is 9.00. The molecule has 1 aromatic carbocycles. The molecule has 1 heterocycles. The van der Waals surface area contributed by atoms with E-state index < -0.39 is 11.2 Å². The molecule has 0 unspecified atom stereocenters. The van der Waals surface area contributed by atoms with Crippen LogP contribution in [0.2, 0.25) is 0 Å². The highest BCUT2D eigenvalue weighted by Gasteiger charge is 2.44. The summed E-state index contributed by atoms with van der Waals surface area (Å²) < 4.78 is 5.27. The molecule has 0 spiro atoms. The molecule has 0 radical (unpaired) electrons. The number of carbonyl (C=O) groups is 2. The average Bonchev–Trinajstić information content (AvgIpc) is 2.80. The number of hydrogen-bond donors (Lipinski definition) is 0. The summed E-state index contributed by atoms with van der Waals surface area (Å²) in [4.78, 5) is 24.3. The number of aromatic nitrogens is 1. The van der Waals surface area contributed by atoms with Gasteiger partial charge in [-0.3, -0.25) is 9.59 Å². The molecule has 1 aromatic heterocycles. The third-order valence-electron chi connectivity index (χ3n) is 3.46. The Labute approximate surface area is 110 Å². The van der Waals surface area contributed by atoms with Crippen molar-refractivity contribution in [1.29, 1.82) is 0 Å². The molecule has 0 fully saturated rings. The van der Waals surface area contributed by atoms with E-state index in [0.717, 1.165) is 5.56 Å². The maximum absolute atomic E-state index is 12.2. The van der Waals surface area contributed by atoms with Crippen molar-refractivity contribution in [3.63, 3.8) is 0 Å². The van der Waals surface area contributed by atoms with Crippen LogP contribution in [0.5, 0.6) is 0 Å².